The Morgan fingerprint density at radius 3 is 2.32 bits per heavy atom. The third-order valence-corrected chi connectivity index (χ3v) is 7.97. The van der Waals surface area contributed by atoms with Gasteiger partial charge in [-0.3, -0.25) is 4.79 Å². The SMILES string of the molecule is Cc1cc2c(c(-c3cc(F)c4c(c3C)CCCO4)c1[C@H](OC(C)(C)C)C(=O)O)CCN2C(=O)c1ccc(C(F)(F)F)cc1F. The van der Waals surface area contributed by atoms with Crippen LogP contribution in [-0.2, 0) is 28.5 Å². The molecule has 6 nitrogen and oxygen atoms in total. The van der Waals surface area contributed by atoms with Crippen molar-refractivity contribution in [3.8, 4) is 16.9 Å². The minimum absolute atomic E-state index is 0.0397. The summed E-state index contributed by atoms with van der Waals surface area (Å²) in [7, 11) is 0. The largest absolute Gasteiger partial charge is 0.490 e. The number of amides is 1. The molecule has 0 unspecified atom stereocenters. The van der Waals surface area contributed by atoms with E-state index in [2.05, 4.69) is 0 Å². The van der Waals surface area contributed by atoms with Crippen LogP contribution in [-0.4, -0.2) is 35.7 Å². The second kappa shape index (κ2) is 11.2. The fraction of sp³-hybridized carbons (Fsp3) is 0.394. The number of carbonyl (C=O) groups excluding carboxylic acids is 1. The number of rotatable bonds is 5. The van der Waals surface area contributed by atoms with Crippen LogP contribution < -0.4 is 9.64 Å². The second-order valence-corrected chi connectivity index (χ2v) is 12.1. The standard InChI is InChI=1S/C33H32F5NO5/c1-16-13-25-21(10-11-39(25)30(40)20-9-8-18(14-23(20)34)33(36,37)38)27(26(16)29(31(41)42)44-32(3,4)5)22-15-24(35)28-19(17(22)2)7-6-12-43-28/h8-9,13-15,29H,6-7,10-12H2,1-5H3,(H,41,42)/t29-/m0/s1. The van der Waals surface area contributed by atoms with Crippen molar-refractivity contribution in [3.63, 3.8) is 0 Å². The smallest absolute Gasteiger partial charge is 0.416 e. The first-order valence-electron chi connectivity index (χ1n) is 14.2. The van der Waals surface area contributed by atoms with Gasteiger partial charge in [0.15, 0.2) is 17.7 Å². The predicted octanol–water partition coefficient (Wildman–Crippen LogP) is 7.74. The van der Waals surface area contributed by atoms with E-state index in [0.717, 1.165) is 6.07 Å². The van der Waals surface area contributed by atoms with Gasteiger partial charge >= 0.3 is 12.1 Å². The van der Waals surface area contributed by atoms with Crippen molar-refractivity contribution in [2.24, 2.45) is 0 Å². The molecule has 1 N–H and O–H groups in total. The number of carboxylic acid groups (broad SMARTS) is 1. The van der Waals surface area contributed by atoms with E-state index in [1.54, 1.807) is 40.7 Å². The van der Waals surface area contributed by atoms with Gasteiger partial charge in [-0.2, -0.15) is 13.2 Å². The number of carboxylic acids is 1. The summed E-state index contributed by atoms with van der Waals surface area (Å²) in [5.74, 6) is -3.89. The van der Waals surface area contributed by atoms with Gasteiger partial charge in [-0.15, -0.1) is 0 Å². The lowest BCUT2D eigenvalue weighted by Gasteiger charge is -2.30. The number of ether oxygens (including phenoxy) is 2. The van der Waals surface area contributed by atoms with Crippen LogP contribution >= 0.6 is 0 Å². The Hall–Kier alpha value is -3.99. The first kappa shape index (κ1) is 31.4. The molecule has 0 radical (unpaired) electrons. The molecule has 2 aliphatic rings. The van der Waals surface area contributed by atoms with Crippen molar-refractivity contribution < 1.29 is 46.1 Å². The number of fused-ring (bicyclic) bond motifs is 2. The Balaban J connectivity index is 1.74. The van der Waals surface area contributed by atoms with E-state index in [1.165, 1.54) is 11.0 Å². The molecule has 234 valence electrons. The number of benzene rings is 3. The molecule has 0 saturated heterocycles. The molecule has 0 aliphatic carbocycles. The first-order valence-corrected chi connectivity index (χ1v) is 14.2. The summed E-state index contributed by atoms with van der Waals surface area (Å²) < 4.78 is 81.4. The topological polar surface area (TPSA) is 76.1 Å². The highest BCUT2D eigenvalue weighted by atomic mass is 19.4. The van der Waals surface area contributed by atoms with Crippen LogP contribution in [0.1, 0.15) is 77.0 Å². The Labute approximate surface area is 251 Å². The van der Waals surface area contributed by atoms with Crippen LogP contribution in [0.5, 0.6) is 5.75 Å². The lowest BCUT2D eigenvalue weighted by atomic mass is 9.83. The average Bonchev–Trinajstić information content (AvgIpc) is 3.35. The van der Waals surface area contributed by atoms with Gasteiger partial charge in [0.05, 0.1) is 23.3 Å². The maximum Gasteiger partial charge on any atom is 0.416 e. The molecule has 0 fully saturated rings. The molecule has 44 heavy (non-hydrogen) atoms. The van der Waals surface area contributed by atoms with E-state index in [9.17, 15) is 32.3 Å². The third-order valence-electron chi connectivity index (χ3n) is 7.97. The van der Waals surface area contributed by atoms with Gasteiger partial charge in [0, 0.05) is 23.4 Å². The number of aryl methyl sites for hydroxylation is 1. The molecule has 0 spiro atoms. The lowest BCUT2D eigenvalue weighted by Crippen LogP contribution is -2.30. The Morgan fingerprint density at radius 1 is 1.00 bits per heavy atom. The van der Waals surface area contributed by atoms with Gasteiger partial charge in [0.2, 0.25) is 0 Å². The number of nitrogens with zero attached hydrogens (tertiary/aromatic N) is 1. The van der Waals surface area contributed by atoms with Crippen LogP contribution in [0.25, 0.3) is 11.1 Å². The van der Waals surface area contributed by atoms with Crippen molar-refractivity contribution >= 4 is 17.6 Å². The molecule has 1 atom stereocenters. The zero-order valence-electron chi connectivity index (χ0n) is 24.9. The highest BCUT2D eigenvalue weighted by molar-refractivity contribution is 6.08. The van der Waals surface area contributed by atoms with Crippen molar-refractivity contribution in [3.05, 3.63) is 80.9 Å². The number of halogens is 5. The molecule has 0 aromatic heterocycles. The highest BCUT2D eigenvalue weighted by Crippen LogP contribution is 2.48. The van der Waals surface area contributed by atoms with E-state index < -0.39 is 52.5 Å². The van der Waals surface area contributed by atoms with Crippen molar-refractivity contribution in [1.82, 2.24) is 0 Å². The molecule has 0 saturated carbocycles. The zero-order valence-corrected chi connectivity index (χ0v) is 24.9. The van der Waals surface area contributed by atoms with E-state index in [0.29, 0.717) is 70.1 Å². The summed E-state index contributed by atoms with van der Waals surface area (Å²) in [5, 5.41) is 10.3. The number of hydrogen-bond acceptors (Lipinski definition) is 4. The third kappa shape index (κ3) is 5.65. The monoisotopic (exact) mass is 617 g/mol. The van der Waals surface area contributed by atoms with Gasteiger partial charge in [-0.05, 0) is 112 Å². The van der Waals surface area contributed by atoms with E-state index >= 15 is 4.39 Å². The summed E-state index contributed by atoms with van der Waals surface area (Å²) in [6, 6.07) is 4.63. The van der Waals surface area contributed by atoms with E-state index in [4.69, 9.17) is 9.47 Å². The molecule has 5 rings (SSSR count). The Kier molecular flexibility index (Phi) is 7.99. The predicted molar refractivity (Wildman–Crippen MR) is 153 cm³/mol. The number of carbonyl (C=O) groups is 2. The van der Waals surface area contributed by atoms with Crippen LogP contribution in [0, 0.1) is 25.5 Å². The fourth-order valence-corrected chi connectivity index (χ4v) is 6.07. The zero-order chi connectivity index (χ0) is 32.3. The van der Waals surface area contributed by atoms with Gasteiger partial charge < -0.3 is 19.5 Å². The van der Waals surface area contributed by atoms with Gasteiger partial charge in [-0.1, -0.05) is 0 Å². The van der Waals surface area contributed by atoms with Gasteiger partial charge in [0.25, 0.3) is 5.91 Å². The first-order chi connectivity index (χ1) is 20.5. The maximum absolute atomic E-state index is 15.5. The molecule has 0 bridgehead atoms. The summed E-state index contributed by atoms with van der Waals surface area (Å²) >= 11 is 0. The van der Waals surface area contributed by atoms with Crippen LogP contribution in [0.3, 0.4) is 0 Å². The second-order valence-electron chi connectivity index (χ2n) is 12.1. The average molecular weight is 618 g/mol. The highest BCUT2D eigenvalue weighted by Gasteiger charge is 2.38. The minimum Gasteiger partial charge on any atom is -0.490 e. The number of alkyl halides is 3. The quantitative estimate of drug-likeness (QED) is 0.297. The summed E-state index contributed by atoms with van der Waals surface area (Å²) in [6.45, 7) is 9.00. The summed E-state index contributed by atoms with van der Waals surface area (Å²) in [6.07, 6.45) is -4.83. The molecule has 3 aromatic rings. The Bertz CT molecular complexity index is 1670. The molecular formula is C33H32F5NO5. The number of aliphatic carboxylic acids is 1. The normalized spacial score (nSPS) is 15.5. The van der Waals surface area contributed by atoms with Crippen molar-refractivity contribution in [1.29, 1.82) is 0 Å². The molecule has 2 heterocycles. The fourth-order valence-electron chi connectivity index (χ4n) is 6.07. The van der Waals surface area contributed by atoms with Crippen molar-refractivity contribution in [2.45, 2.75) is 71.8 Å². The summed E-state index contributed by atoms with van der Waals surface area (Å²) in [4.78, 5) is 27.5. The lowest BCUT2D eigenvalue weighted by molar-refractivity contribution is -0.160. The molecule has 1 amide bonds. The van der Waals surface area contributed by atoms with Gasteiger partial charge in [-0.25, -0.2) is 13.6 Å². The van der Waals surface area contributed by atoms with E-state index in [1.807, 2.05) is 0 Å². The van der Waals surface area contributed by atoms with Gasteiger partial charge in [0.1, 0.15) is 5.82 Å². The number of anilines is 1. The summed E-state index contributed by atoms with van der Waals surface area (Å²) in [5.41, 5.74) is 1.10. The van der Waals surface area contributed by atoms with E-state index in [-0.39, 0.29) is 24.8 Å². The molecule has 11 heteroatoms. The van der Waals surface area contributed by atoms with Crippen LogP contribution in [0.15, 0.2) is 30.3 Å². The molecule has 2 aliphatic heterocycles. The van der Waals surface area contributed by atoms with Crippen LogP contribution in [0.4, 0.5) is 27.6 Å². The Morgan fingerprint density at radius 2 is 1.70 bits per heavy atom. The number of hydrogen-bond donors (Lipinski definition) is 1. The van der Waals surface area contributed by atoms with Crippen molar-refractivity contribution in [2.75, 3.05) is 18.1 Å². The van der Waals surface area contributed by atoms with Crippen LogP contribution in [0.2, 0.25) is 0 Å². The molecular weight excluding hydrogens is 585 g/mol. The maximum atomic E-state index is 15.5. The minimum atomic E-state index is -4.78. The molecule has 3 aromatic carbocycles.